The average Bonchev–Trinajstić information content (AvgIpc) is 2.29. The molecule has 0 saturated heterocycles. The van der Waals surface area contributed by atoms with Crippen LogP contribution in [0.3, 0.4) is 0 Å². The van der Waals surface area contributed by atoms with Crippen LogP contribution >= 0.6 is 23.4 Å². The number of carboxylic acids is 1. The topological polar surface area (TPSA) is 66.4 Å². The third kappa shape index (κ3) is 5.42. The Bertz CT molecular complexity index is 451. The third-order valence-corrected chi connectivity index (χ3v) is 3.36. The third-order valence-electron chi connectivity index (χ3n) is 2.17. The summed E-state index contributed by atoms with van der Waals surface area (Å²) in [6.45, 7) is 1.88. The molecule has 0 aliphatic rings. The fraction of sp³-hybridized carbons (Fsp3) is 0.333. The highest BCUT2D eigenvalue weighted by atomic mass is 35.5. The molecular weight excluding hydrogens is 274 g/mol. The zero-order chi connectivity index (χ0) is 13.5. The Morgan fingerprint density at radius 3 is 2.83 bits per heavy atom. The van der Waals surface area contributed by atoms with Crippen LogP contribution in [0.1, 0.15) is 12.0 Å². The van der Waals surface area contributed by atoms with E-state index in [9.17, 15) is 9.59 Å². The minimum absolute atomic E-state index is 0.0636. The van der Waals surface area contributed by atoms with E-state index in [0.29, 0.717) is 16.5 Å². The number of anilines is 1. The minimum Gasteiger partial charge on any atom is -0.481 e. The molecule has 0 fully saturated rings. The first-order valence-corrected chi connectivity index (χ1v) is 6.88. The van der Waals surface area contributed by atoms with Crippen LogP contribution in [-0.2, 0) is 9.59 Å². The Hall–Kier alpha value is -1.20. The van der Waals surface area contributed by atoms with Crippen LogP contribution in [-0.4, -0.2) is 28.5 Å². The van der Waals surface area contributed by atoms with Gasteiger partial charge in [-0.2, -0.15) is 11.8 Å². The average molecular weight is 288 g/mol. The van der Waals surface area contributed by atoms with Crippen LogP contribution in [0, 0.1) is 6.92 Å². The largest absolute Gasteiger partial charge is 0.481 e. The molecule has 4 nitrogen and oxygen atoms in total. The molecule has 0 spiro atoms. The van der Waals surface area contributed by atoms with E-state index in [1.165, 1.54) is 11.8 Å². The van der Waals surface area contributed by atoms with Gasteiger partial charge >= 0.3 is 5.97 Å². The van der Waals surface area contributed by atoms with Gasteiger partial charge in [-0.05, 0) is 24.6 Å². The summed E-state index contributed by atoms with van der Waals surface area (Å²) < 4.78 is 0. The van der Waals surface area contributed by atoms with Crippen LogP contribution in [0.4, 0.5) is 5.69 Å². The van der Waals surface area contributed by atoms with Crippen LogP contribution in [0.5, 0.6) is 0 Å². The lowest BCUT2D eigenvalue weighted by atomic mass is 10.2. The van der Waals surface area contributed by atoms with Gasteiger partial charge in [0.2, 0.25) is 5.91 Å². The second-order valence-electron chi connectivity index (χ2n) is 3.70. The molecule has 98 valence electrons. The van der Waals surface area contributed by atoms with Crippen molar-refractivity contribution < 1.29 is 14.7 Å². The molecule has 1 aromatic carbocycles. The number of hydrogen-bond donors (Lipinski definition) is 2. The first kappa shape index (κ1) is 14.9. The highest BCUT2D eigenvalue weighted by molar-refractivity contribution is 7.99. The number of aryl methyl sites for hydroxylation is 1. The Labute approximate surface area is 115 Å². The van der Waals surface area contributed by atoms with Crippen molar-refractivity contribution in [1.82, 2.24) is 0 Å². The lowest BCUT2D eigenvalue weighted by Crippen LogP contribution is -2.15. The van der Waals surface area contributed by atoms with E-state index in [1.807, 2.05) is 13.0 Å². The maximum absolute atomic E-state index is 11.6. The standard InChI is InChI=1S/C12H14ClNO3S/c1-8-2-3-9(13)6-10(8)14-11(15)7-18-5-4-12(16)17/h2-3,6H,4-5,7H2,1H3,(H,14,15)(H,16,17). The number of hydrogen-bond acceptors (Lipinski definition) is 3. The molecule has 0 heterocycles. The number of halogens is 1. The van der Waals surface area contributed by atoms with Gasteiger partial charge in [0.15, 0.2) is 0 Å². The SMILES string of the molecule is Cc1ccc(Cl)cc1NC(=O)CSCCC(=O)O. The molecule has 0 aliphatic carbocycles. The number of nitrogens with one attached hydrogen (secondary N) is 1. The zero-order valence-electron chi connectivity index (χ0n) is 9.90. The van der Waals surface area contributed by atoms with Crippen molar-refractivity contribution in [3.63, 3.8) is 0 Å². The van der Waals surface area contributed by atoms with Gasteiger partial charge in [0.05, 0.1) is 12.2 Å². The molecule has 0 radical (unpaired) electrons. The Morgan fingerprint density at radius 2 is 2.17 bits per heavy atom. The monoisotopic (exact) mass is 287 g/mol. The van der Waals surface area contributed by atoms with E-state index in [4.69, 9.17) is 16.7 Å². The summed E-state index contributed by atoms with van der Waals surface area (Å²) in [7, 11) is 0. The van der Waals surface area contributed by atoms with Crippen molar-refractivity contribution in [2.45, 2.75) is 13.3 Å². The van der Waals surface area contributed by atoms with E-state index >= 15 is 0 Å². The van der Waals surface area contributed by atoms with Gasteiger partial charge in [0, 0.05) is 16.5 Å². The van der Waals surface area contributed by atoms with Crippen molar-refractivity contribution in [3.05, 3.63) is 28.8 Å². The highest BCUT2D eigenvalue weighted by Crippen LogP contribution is 2.20. The van der Waals surface area contributed by atoms with E-state index in [0.717, 1.165) is 5.56 Å². The molecule has 1 aromatic rings. The van der Waals surface area contributed by atoms with Gasteiger partial charge in [-0.3, -0.25) is 9.59 Å². The van der Waals surface area contributed by atoms with E-state index in [2.05, 4.69) is 5.32 Å². The maximum Gasteiger partial charge on any atom is 0.304 e. The number of carbonyl (C=O) groups excluding carboxylic acids is 1. The Kier molecular flexibility index (Phi) is 6.01. The van der Waals surface area contributed by atoms with Crippen molar-refractivity contribution in [1.29, 1.82) is 0 Å². The number of carbonyl (C=O) groups is 2. The molecule has 18 heavy (non-hydrogen) atoms. The number of carboxylic acid groups (broad SMARTS) is 1. The van der Waals surface area contributed by atoms with Crippen molar-refractivity contribution in [2.24, 2.45) is 0 Å². The lowest BCUT2D eigenvalue weighted by Gasteiger charge is -2.08. The molecule has 0 bridgehead atoms. The van der Waals surface area contributed by atoms with E-state index in [-0.39, 0.29) is 18.1 Å². The van der Waals surface area contributed by atoms with Crippen molar-refractivity contribution in [2.75, 3.05) is 16.8 Å². The highest BCUT2D eigenvalue weighted by Gasteiger charge is 2.06. The molecule has 2 N–H and O–H groups in total. The number of rotatable bonds is 6. The van der Waals surface area contributed by atoms with Gasteiger partial charge in [-0.15, -0.1) is 0 Å². The molecule has 0 aromatic heterocycles. The molecule has 0 atom stereocenters. The maximum atomic E-state index is 11.6. The number of aliphatic carboxylic acids is 1. The van der Waals surface area contributed by atoms with Crippen molar-refractivity contribution in [3.8, 4) is 0 Å². The van der Waals surface area contributed by atoms with Crippen LogP contribution in [0.2, 0.25) is 5.02 Å². The van der Waals surface area contributed by atoms with Crippen molar-refractivity contribution >= 4 is 40.9 Å². The predicted octanol–water partition coefficient (Wildman–Crippen LogP) is 2.79. The zero-order valence-corrected chi connectivity index (χ0v) is 11.5. The van der Waals surface area contributed by atoms with Gasteiger partial charge < -0.3 is 10.4 Å². The normalized spacial score (nSPS) is 10.1. The molecular formula is C12H14ClNO3S. The van der Waals surface area contributed by atoms with Crippen LogP contribution < -0.4 is 5.32 Å². The molecule has 1 amide bonds. The molecule has 0 unspecified atom stereocenters. The van der Waals surface area contributed by atoms with E-state index < -0.39 is 5.97 Å². The van der Waals surface area contributed by atoms with E-state index in [1.54, 1.807) is 12.1 Å². The minimum atomic E-state index is -0.853. The Balaban J connectivity index is 2.40. The number of benzene rings is 1. The fourth-order valence-corrected chi connectivity index (χ4v) is 2.13. The number of thioether (sulfide) groups is 1. The summed E-state index contributed by atoms with van der Waals surface area (Å²) in [5.74, 6) is -0.347. The van der Waals surface area contributed by atoms with Gasteiger partial charge in [-0.25, -0.2) is 0 Å². The van der Waals surface area contributed by atoms with Crippen LogP contribution in [0.15, 0.2) is 18.2 Å². The van der Waals surface area contributed by atoms with Crippen LogP contribution in [0.25, 0.3) is 0 Å². The second kappa shape index (κ2) is 7.28. The molecule has 1 rings (SSSR count). The van der Waals surface area contributed by atoms with Gasteiger partial charge in [-0.1, -0.05) is 17.7 Å². The summed E-state index contributed by atoms with van der Waals surface area (Å²) in [6, 6.07) is 5.28. The molecule has 0 aliphatic heterocycles. The summed E-state index contributed by atoms with van der Waals surface area (Å²) in [5.41, 5.74) is 1.62. The fourth-order valence-electron chi connectivity index (χ4n) is 1.24. The Morgan fingerprint density at radius 1 is 1.44 bits per heavy atom. The number of amides is 1. The quantitative estimate of drug-likeness (QED) is 0.790. The second-order valence-corrected chi connectivity index (χ2v) is 5.25. The summed E-state index contributed by atoms with van der Waals surface area (Å²) in [5, 5.41) is 11.8. The summed E-state index contributed by atoms with van der Waals surface area (Å²) >= 11 is 7.13. The van der Waals surface area contributed by atoms with Gasteiger partial charge in [0.25, 0.3) is 0 Å². The molecule has 0 saturated carbocycles. The molecule has 6 heteroatoms. The predicted molar refractivity (Wildman–Crippen MR) is 74.4 cm³/mol. The summed E-state index contributed by atoms with van der Waals surface area (Å²) in [4.78, 5) is 21.9. The lowest BCUT2D eigenvalue weighted by molar-refractivity contribution is -0.136. The first-order valence-electron chi connectivity index (χ1n) is 5.34. The van der Waals surface area contributed by atoms with Gasteiger partial charge in [0.1, 0.15) is 0 Å². The first-order chi connectivity index (χ1) is 8.49. The summed E-state index contributed by atoms with van der Waals surface area (Å²) in [6.07, 6.45) is 0.0636. The smallest absolute Gasteiger partial charge is 0.304 e.